The minimum Gasteiger partial charge on any atom is -0.337 e. The Bertz CT molecular complexity index is 478. The number of rotatable bonds is 2. The number of aromatic nitrogens is 4. The van der Waals surface area contributed by atoms with Gasteiger partial charge in [0.05, 0.1) is 6.04 Å². The minimum absolute atomic E-state index is 0.175. The molecule has 6 nitrogen and oxygen atoms in total. The van der Waals surface area contributed by atoms with Crippen LogP contribution in [0.15, 0.2) is 23.0 Å². The van der Waals surface area contributed by atoms with Crippen molar-refractivity contribution in [3.63, 3.8) is 0 Å². The van der Waals surface area contributed by atoms with Crippen LogP contribution in [0.1, 0.15) is 31.2 Å². The molecule has 88 valence electrons. The number of hydrogen-bond donors (Lipinski definition) is 1. The summed E-state index contributed by atoms with van der Waals surface area (Å²) in [6.07, 6.45) is 6.77. The second-order valence-corrected chi connectivity index (χ2v) is 4.03. The summed E-state index contributed by atoms with van der Waals surface area (Å²) in [6, 6.07) is 1.93. The maximum Gasteiger partial charge on any atom is 0.244 e. The molecule has 0 radical (unpaired) electrons. The Morgan fingerprint density at radius 1 is 1.18 bits per heavy atom. The van der Waals surface area contributed by atoms with Crippen LogP contribution in [0.25, 0.3) is 11.6 Å². The zero-order valence-electron chi connectivity index (χ0n) is 9.33. The smallest absolute Gasteiger partial charge is 0.244 e. The Morgan fingerprint density at radius 2 is 2.06 bits per heavy atom. The van der Waals surface area contributed by atoms with Crippen molar-refractivity contribution in [3.8, 4) is 11.6 Å². The minimum atomic E-state index is 0.175. The highest BCUT2D eigenvalue weighted by Gasteiger charge is 2.21. The maximum absolute atomic E-state index is 5.25. The fourth-order valence-electron chi connectivity index (χ4n) is 1.94. The molecule has 6 heteroatoms. The molecule has 1 atom stereocenters. The second-order valence-electron chi connectivity index (χ2n) is 4.03. The van der Waals surface area contributed by atoms with Gasteiger partial charge in [-0.15, -0.1) is 0 Å². The molecule has 0 aromatic carbocycles. The van der Waals surface area contributed by atoms with Gasteiger partial charge in [0, 0.05) is 12.4 Å². The summed E-state index contributed by atoms with van der Waals surface area (Å²) in [5.41, 5.74) is 0. The third-order valence-electron chi connectivity index (χ3n) is 2.82. The summed E-state index contributed by atoms with van der Waals surface area (Å²) in [7, 11) is 0. The third-order valence-corrected chi connectivity index (χ3v) is 2.82. The highest BCUT2D eigenvalue weighted by molar-refractivity contribution is 5.40. The highest BCUT2D eigenvalue weighted by atomic mass is 16.5. The molecular weight excluding hydrogens is 218 g/mol. The molecule has 0 spiro atoms. The summed E-state index contributed by atoms with van der Waals surface area (Å²) in [5.74, 6) is 1.58. The SMILES string of the molecule is c1cnc(-c2noc(C3CCCCN3)n2)nc1. The zero-order chi connectivity index (χ0) is 11.5. The van der Waals surface area contributed by atoms with Crippen LogP contribution in [0.5, 0.6) is 0 Å². The van der Waals surface area contributed by atoms with Crippen molar-refractivity contribution in [1.82, 2.24) is 25.4 Å². The molecule has 0 saturated carbocycles. The zero-order valence-corrected chi connectivity index (χ0v) is 9.33. The number of nitrogens with one attached hydrogen (secondary N) is 1. The first-order chi connectivity index (χ1) is 8.43. The topological polar surface area (TPSA) is 76.7 Å². The van der Waals surface area contributed by atoms with Crippen LogP contribution >= 0.6 is 0 Å². The summed E-state index contributed by atoms with van der Waals surface area (Å²) >= 11 is 0. The van der Waals surface area contributed by atoms with E-state index in [2.05, 4.69) is 25.4 Å². The van der Waals surface area contributed by atoms with Crippen LogP contribution in [-0.2, 0) is 0 Å². The second kappa shape index (κ2) is 4.58. The van der Waals surface area contributed by atoms with Crippen molar-refractivity contribution in [2.45, 2.75) is 25.3 Å². The van der Waals surface area contributed by atoms with E-state index in [4.69, 9.17) is 4.52 Å². The van der Waals surface area contributed by atoms with Gasteiger partial charge in [0.1, 0.15) is 0 Å². The van der Waals surface area contributed by atoms with E-state index in [1.165, 1.54) is 12.8 Å². The lowest BCUT2D eigenvalue weighted by Crippen LogP contribution is -2.26. The fraction of sp³-hybridized carbons (Fsp3) is 0.455. The van der Waals surface area contributed by atoms with Crippen LogP contribution in [0, 0.1) is 0 Å². The van der Waals surface area contributed by atoms with Crippen LogP contribution in [0.3, 0.4) is 0 Å². The lowest BCUT2D eigenvalue weighted by atomic mass is 10.1. The first-order valence-electron chi connectivity index (χ1n) is 5.78. The quantitative estimate of drug-likeness (QED) is 0.840. The van der Waals surface area contributed by atoms with Crippen molar-refractivity contribution in [2.75, 3.05) is 6.54 Å². The van der Waals surface area contributed by atoms with E-state index in [1.807, 2.05) is 0 Å². The van der Waals surface area contributed by atoms with E-state index in [-0.39, 0.29) is 6.04 Å². The molecule has 17 heavy (non-hydrogen) atoms. The monoisotopic (exact) mass is 231 g/mol. The van der Waals surface area contributed by atoms with Gasteiger partial charge in [0.25, 0.3) is 0 Å². The van der Waals surface area contributed by atoms with E-state index in [9.17, 15) is 0 Å². The van der Waals surface area contributed by atoms with E-state index >= 15 is 0 Å². The maximum atomic E-state index is 5.25. The molecule has 1 fully saturated rings. The van der Waals surface area contributed by atoms with Crippen LogP contribution < -0.4 is 5.32 Å². The average Bonchev–Trinajstić information content (AvgIpc) is 2.90. The Labute approximate surface area is 98.5 Å². The average molecular weight is 231 g/mol. The number of nitrogens with zero attached hydrogens (tertiary/aromatic N) is 4. The molecule has 1 N–H and O–H groups in total. The fourth-order valence-corrected chi connectivity index (χ4v) is 1.94. The highest BCUT2D eigenvalue weighted by Crippen LogP contribution is 2.22. The Kier molecular flexibility index (Phi) is 2.79. The number of hydrogen-bond acceptors (Lipinski definition) is 6. The predicted molar refractivity (Wildman–Crippen MR) is 59.9 cm³/mol. The molecule has 3 rings (SSSR count). The van der Waals surface area contributed by atoms with E-state index in [0.29, 0.717) is 17.5 Å². The summed E-state index contributed by atoms with van der Waals surface area (Å²) < 4.78 is 5.25. The Hall–Kier alpha value is -1.82. The molecule has 1 aliphatic heterocycles. The molecule has 1 unspecified atom stereocenters. The molecule has 1 saturated heterocycles. The lowest BCUT2D eigenvalue weighted by molar-refractivity contribution is 0.297. The van der Waals surface area contributed by atoms with Gasteiger partial charge < -0.3 is 9.84 Å². The van der Waals surface area contributed by atoms with E-state index in [0.717, 1.165) is 13.0 Å². The van der Waals surface area contributed by atoms with Crippen molar-refractivity contribution in [1.29, 1.82) is 0 Å². The first kappa shape index (κ1) is 10.3. The van der Waals surface area contributed by atoms with Crippen LogP contribution in [-0.4, -0.2) is 26.7 Å². The largest absolute Gasteiger partial charge is 0.337 e. The standard InChI is InChI=1S/C11H13N5O/c1-2-5-12-8(4-1)11-15-10(16-17-11)9-13-6-3-7-14-9/h3,6-8,12H,1-2,4-5H2. The summed E-state index contributed by atoms with van der Waals surface area (Å²) in [4.78, 5) is 12.5. The summed E-state index contributed by atoms with van der Waals surface area (Å²) in [6.45, 7) is 1.00. The molecule has 0 amide bonds. The van der Waals surface area contributed by atoms with Gasteiger partial charge in [0.2, 0.25) is 17.5 Å². The van der Waals surface area contributed by atoms with Crippen molar-refractivity contribution in [2.24, 2.45) is 0 Å². The number of piperidine rings is 1. The van der Waals surface area contributed by atoms with Gasteiger partial charge in [-0.3, -0.25) is 0 Å². The van der Waals surface area contributed by atoms with Gasteiger partial charge in [-0.25, -0.2) is 9.97 Å². The summed E-state index contributed by atoms with van der Waals surface area (Å²) in [5, 5.41) is 7.27. The van der Waals surface area contributed by atoms with Crippen molar-refractivity contribution in [3.05, 3.63) is 24.4 Å². The molecule has 0 bridgehead atoms. The normalized spacial score (nSPS) is 20.4. The molecule has 2 aromatic rings. The van der Waals surface area contributed by atoms with Gasteiger partial charge in [-0.05, 0) is 25.5 Å². The van der Waals surface area contributed by atoms with E-state index < -0.39 is 0 Å². The van der Waals surface area contributed by atoms with Crippen molar-refractivity contribution < 1.29 is 4.52 Å². The molecule has 3 heterocycles. The van der Waals surface area contributed by atoms with Gasteiger partial charge in [-0.1, -0.05) is 11.6 Å². The first-order valence-corrected chi connectivity index (χ1v) is 5.78. The van der Waals surface area contributed by atoms with E-state index in [1.54, 1.807) is 18.5 Å². The van der Waals surface area contributed by atoms with Gasteiger partial charge >= 0.3 is 0 Å². The molecular formula is C11H13N5O. The molecule has 2 aromatic heterocycles. The van der Waals surface area contributed by atoms with Gasteiger partial charge in [0.15, 0.2) is 0 Å². The van der Waals surface area contributed by atoms with Gasteiger partial charge in [-0.2, -0.15) is 4.98 Å². The Morgan fingerprint density at radius 3 is 2.82 bits per heavy atom. The lowest BCUT2D eigenvalue weighted by Gasteiger charge is -2.19. The molecule has 0 aliphatic carbocycles. The van der Waals surface area contributed by atoms with Crippen LogP contribution in [0.4, 0.5) is 0 Å². The predicted octanol–water partition coefficient (Wildman–Crippen LogP) is 1.34. The molecule has 1 aliphatic rings. The van der Waals surface area contributed by atoms with Crippen molar-refractivity contribution >= 4 is 0 Å². The Balaban J connectivity index is 1.83. The van der Waals surface area contributed by atoms with Crippen LogP contribution in [0.2, 0.25) is 0 Å². The third kappa shape index (κ3) is 2.16.